The van der Waals surface area contributed by atoms with Gasteiger partial charge in [-0.25, -0.2) is 19.1 Å². The first kappa shape index (κ1) is 27.1. The summed E-state index contributed by atoms with van der Waals surface area (Å²) in [6, 6.07) is 11.8. The van der Waals surface area contributed by atoms with Crippen LogP contribution in [0.15, 0.2) is 53.6 Å². The van der Waals surface area contributed by atoms with E-state index in [1.54, 1.807) is 43.1 Å². The number of amides is 1. The van der Waals surface area contributed by atoms with Gasteiger partial charge in [0.25, 0.3) is 15.9 Å². The number of nitrogens with zero attached hydrogens (tertiary/aromatic N) is 3. The molecule has 0 atom stereocenters. The molecule has 3 aromatic rings. The third-order valence-corrected chi connectivity index (χ3v) is 6.58. The topological polar surface area (TPSA) is 101 Å². The van der Waals surface area contributed by atoms with Crippen molar-refractivity contribution in [2.75, 3.05) is 18.6 Å². The van der Waals surface area contributed by atoms with Crippen molar-refractivity contribution in [3.8, 4) is 17.0 Å². The number of aromatic nitrogens is 2. The molecule has 1 N–H and O–H groups in total. The van der Waals surface area contributed by atoms with E-state index in [0.717, 1.165) is 0 Å². The third-order valence-electron chi connectivity index (χ3n) is 5.34. The van der Waals surface area contributed by atoms with Crippen molar-refractivity contribution in [1.82, 2.24) is 14.7 Å². The highest BCUT2D eigenvalue weighted by atomic mass is 32.2. The summed E-state index contributed by atoms with van der Waals surface area (Å²) in [5.41, 5.74) is 1.43. The number of carbonyl (C=O) groups is 1. The Bertz CT molecular complexity index is 1360. The van der Waals surface area contributed by atoms with Crippen LogP contribution in [-0.2, 0) is 10.0 Å². The van der Waals surface area contributed by atoms with Crippen molar-refractivity contribution in [3.05, 3.63) is 65.6 Å². The molecule has 0 spiro atoms. The minimum absolute atomic E-state index is 0.0545. The second-order valence-corrected chi connectivity index (χ2v) is 10.8. The summed E-state index contributed by atoms with van der Waals surface area (Å²) < 4.78 is 47.7. The zero-order valence-electron chi connectivity index (χ0n) is 21.2. The van der Waals surface area contributed by atoms with E-state index in [4.69, 9.17) is 4.74 Å². The van der Waals surface area contributed by atoms with Crippen LogP contribution in [0.1, 0.15) is 43.7 Å². The molecule has 10 heteroatoms. The molecule has 1 amide bonds. The van der Waals surface area contributed by atoms with Gasteiger partial charge < -0.3 is 9.64 Å². The first-order chi connectivity index (χ1) is 16.9. The number of carbonyl (C=O) groups excluding carboxylic acids is 1. The van der Waals surface area contributed by atoms with Crippen LogP contribution < -0.4 is 14.4 Å². The molecule has 0 aliphatic rings. The molecule has 2 heterocycles. The monoisotopic (exact) mass is 514 g/mol. The van der Waals surface area contributed by atoms with E-state index in [1.807, 2.05) is 27.7 Å². The minimum atomic E-state index is -4.20. The number of nitrogens with one attached hydrogen (secondary N) is 1. The summed E-state index contributed by atoms with van der Waals surface area (Å²) in [5, 5.41) is -0.257. The standard InChI is InChI=1S/C26H31FN4O4S/c1-16(2)15-35-21-13-19(12-20(27)14-21)23-11-10-22(25(29-23)31(6)17(3)4)26(32)30-36(33,34)24-9-7-8-18(5)28-24/h7-14,16-17H,15H2,1-6H3,(H,30,32). The number of ether oxygens (including phenoxy) is 1. The lowest BCUT2D eigenvalue weighted by Gasteiger charge is -2.25. The van der Waals surface area contributed by atoms with Gasteiger partial charge >= 0.3 is 0 Å². The van der Waals surface area contributed by atoms with Crippen LogP contribution in [0.5, 0.6) is 5.75 Å². The molecule has 0 unspecified atom stereocenters. The molecule has 3 rings (SSSR count). The number of hydrogen-bond acceptors (Lipinski definition) is 7. The Labute approximate surface area is 211 Å². The predicted octanol–water partition coefficient (Wildman–Crippen LogP) is 4.59. The normalized spacial score (nSPS) is 11.6. The fourth-order valence-electron chi connectivity index (χ4n) is 3.25. The van der Waals surface area contributed by atoms with Gasteiger partial charge in [0, 0.05) is 30.4 Å². The Balaban J connectivity index is 2.01. The molecule has 0 radical (unpaired) electrons. The summed E-state index contributed by atoms with van der Waals surface area (Å²) in [5.74, 6) is -0.435. The lowest BCUT2D eigenvalue weighted by Crippen LogP contribution is -2.34. The van der Waals surface area contributed by atoms with Gasteiger partial charge in [0.1, 0.15) is 17.4 Å². The molecule has 192 valence electrons. The van der Waals surface area contributed by atoms with Crippen LogP contribution in [0, 0.1) is 18.7 Å². The maximum atomic E-state index is 14.4. The number of sulfonamides is 1. The fraction of sp³-hybridized carbons (Fsp3) is 0.346. The first-order valence-corrected chi connectivity index (χ1v) is 13.0. The van der Waals surface area contributed by atoms with Crippen LogP contribution >= 0.6 is 0 Å². The second kappa shape index (κ2) is 11.0. The molecule has 0 saturated carbocycles. The van der Waals surface area contributed by atoms with E-state index in [0.29, 0.717) is 29.3 Å². The third kappa shape index (κ3) is 6.57. The van der Waals surface area contributed by atoms with Gasteiger partial charge in [0.15, 0.2) is 5.03 Å². The molecule has 8 nitrogen and oxygen atoms in total. The van der Waals surface area contributed by atoms with Crippen molar-refractivity contribution < 1.29 is 22.3 Å². The van der Waals surface area contributed by atoms with Crippen molar-refractivity contribution in [2.24, 2.45) is 5.92 Å². The Hall–Kier alpha value is -3.53. The number of aryl methyl sites for hydroxylation is 1. The molecule has 0 aliphatic heterocycles. The quantitative estimate of drug-likeness (QED) is 0.446. The maximum absolute atomic E-state index is 14.4. The SMILES string of the molecule is Cc1cccc(S(=O)(=O)NC(=O)c2ccc(-c3cc(F)cc(OCC(C)C)c3)nc2N(C)C(C)C)n1. The molecule has 1 aromatic carbocycles. The van der Waals surface area contributed by atoms with Crippen molar-refractivity contribution >= 4 is 21.7 Å². The molecular formula is C26H31FN4O4S. The number of hydrogen-bond donors (Lipinski definition) is 1. The van der Waals surface area contributed by atoms with Gasteiger partial charge in [-0.2, -0.15) is 8.42 Å². The van der Waals surface area contributed by atoms with Crippen molar-refractivity contribution in [3.63, 3.8) is 0 Å². The number of halogens is 1. The minimum Gasteiger partial charge on any atom is -0.493 e. The summed E-state index contributed by atoms with van der Waals surface area (Å²) >= 11 is 0. The largest absolute Gasteiger partial charge is 0.493 e. The predicted molar refractivity (Wildman–Crippen MR) is 137 cm³/mol. The zero-order chi connectivity index (χ0) is 26.6. The number of anilines is 1. The van der Waals surface area contributed by atoms with Gasteiger partial charge in [-0.3, -0.25) is 4.79 Å². The molecule has 2 aromatic heterocycles. The smallest absolute Gasteiger partial charge is 0.281 e. The van der Waals surface area contributed by atoms with Gasteiger partial charge in [-0.15, -0.1) is 0 Å². The fourth-order valence-corrected chi connectivity index (χ4v) is 4.23. The average molecular weight is 515 g/mol. The van der Waals surface area contributed by atoms with Crippen LogP contribution in [0.25, 0.3) is 11.3 Å². The summed E-state index contributed by atoms with van der Waals surface area (Å²) in [6.07, 6.45) is 0. The van der Waals surface area contributed by atoms with Crippen molar-refractivity contribution in [1.29, 1.82) is 0 Å². The number of pyridine rings is 2. The molecule has 36 heavy (non-hydrogen) atoms. The van der Waals surface area contributed by atoms with Gasteiger partial charge in [0.05, 0.1) is 17.9 Å². The molecule has 0 saturated heterocycles. The van der Waals surface area contributed by atoms with Gasteiger partial charge in [0.2, 0.25) is 0 Å². The average Bonchev–Trinajstić information content (AvgIpc) is 2.81. The molecule has 0 fully saturated rings. The van der Waals surface area contributed by atoms with Gasteiger partial charge in [-0.05, 0) is 63.1 Å². The Morgan fingerprint density at radius 2 is 1.81 bits per heavy atom. The molecule has 0 bridgehead atoms. The van der Waals surface area contributed by atoms with E-state index in [9.17, 15) is 17.6 Å². The van der Waals surface area contributed by atoms with Crippen molar-refractivity contribution in [2.45, 2.75) is 45.7 Å². The number of benzene rings is 1. The number of rotatable bonds is 9. The van der Waals surface area contributed by atoms with Crippen LogP contribution in [0.3, 0.4) is 0 Å². The molecular weight excluding hydrogens is 483 g/mol. The van der Waals surface area contributed by atoms with E-state index in [-0.39, 0.29) is 28.4 Å². The lowest BCUT2D eigenvalue weighted by molar-refractivity contribution is 0.0981. The Morgan fingerprint density at radius 3 is 2.44 bits per heavy atom. The Morgan fingerprint density at radius 1 is 1.08 bits per heavy atom. The van der Waals surface area contributed by atoms with Crippen LogP contribution in [0.4, 0.5) is 10.2 Å². The highest BCUT2D eigenvalue weighted by molar-refractivity contribution is 7.90. The van der Waals surface area contributed by atoms with E-state index >= 15 is 0 Å². The first-order valence-electron chi connectivity index (χ1n) is 11.6. The Kier molecular flexibility index (Phi) is 8.29. The lowest BCUT2D eigenvalue weighted by atomic mass is 10.1. The summed E-state index contributed by atoms with van der Waals surface area (Å²) in [6.45, 7) is 9.89. The van der Waals surface area contributed by atoms with E-state index in [2.05, 4.69) is 14.7 Å². The van der Waals surface area contributed by atoms with E-state index in [1.165, 1.54) is 24.3 Å². The second-order valence-electron chi connectivity index (χ2n) is 9.20. The molecule has 0 aliphatic carbocycles. The van der Waals surface area contributed by atoms with Crippen LogP contribution in [-0.4, -0.2) is 44.0 Å². The summed E-state index contributed by atoms with van der Waals surface area (Å²) in [4.78, 5) is 23.5. The highest BCUT2D eigenvalue weighted by Gasteiger charge is 2.25. The summed E-state index contributed by atoms with van der Waals surface area (Å²) in [7, 11) is -2.46. The maximum Gasteiger partial charge on any atom is 0.281 e. The van der Waals surface area contributed by atoms with Gasteiger partial charge in [-0.1, -0.05) is 19.9 Å². The van der Waals surface area contributed by atoms with E-state index < -0.39 is 21.7 Å². The zero-order valence-corrected chi connectivity index (χ0v) is 22.1. The highest BCUT2D eigenvalue weighted by Crippen LogP contribution is 2.29. The van der Waals surface area contributed by atoms with Crippen LogP contribution in [0.2, 0.25) is 0 Å².